The molecular formula is C16H18N6O. The van der Waals surface area contributed by atoms with Gasteiger partial charge in [-0.1, -0.05) is 11.2 Å². The van der Waals surface area contributed by atoms with Crippen LogP contribution in [0.3, 0.4) is 0 Å². The summed E-state index contributed by atoms with van der Waals surface area (Å²) in [6.07, 6.45) is 6.04. The minimum Gasteiger partial charge on any atom is -0.357 e. The van der Waals surface area contributed by atoms with Crippen molar-refractivity contribution in [1.82, 2.24) is 24.9 Å². The van der Waals surface area contributed by atoms with Gasteiger partial charge in [0.15, 0.2) is 5.82 Å². The van der Waals surface area contributed by atoms with Crippen molar-refractivity contribution in [3.8, 4) is 0 Å². The fourth-order valence-electron chi connectivity index (χ4n) is 2.40. The summed E-state index contributed by atoms with van der Waals surface area (Å²) in [5.41, 5.74) is 0.973. The second-order valence-corrected chi connectivity index (χ2v) is 5.85. The van der Waals surface area contributed by atoms with E-state index in [1.165, 1.54) is 12.8 Å². The molecule has 7 nitrogen and oxygen atoms in total. The Hall–Kier alpha value is -2.70. The fraction of sp³-hybridized carbons (Fsp3) is 0.375. The van der Waals surface area contributed by atoms with E-state index in [1.807, 2.05) is 42.1 Å². The maximum Gasteiger partial charge on any atom is 0.248 e. The van der Waals surface area contributed by atoms with Crippen molar-refractivity contribution in [2.75, 3.05) is 5.32 Å². The van der Waals surface area contributed by atoms with Crippen molar-refractivity contribution in [3.05, 3.63) is 54.1 Å². The minimum absolute atomic E-state index is 0.0757. The Balaban J connectivity index is 1.40. The van der Waals surface area contributed by atoms with Crippen molar-refractivity contribution in [1.29, 1.82) is 0 Å². The first-order chi connectivity index (χ1) is 11.3. The highest BCUT2D eigenvalue weighted by Gasteiger charge is 2.29. The molecule has 23 heavy (non-hydrogen) atoms. The summed E-state index contributed by atoms with van der Waals surface area (Å²) in [6.45, 7) is 2.63. The van der Waals surface area contributed by atoms with Crippen molar-refractivity contribution in [3.63, 3.8) is 0 Å². The van der Waals surface area contributed by atoms with E-state index >= 15 is 0 Å². The molecule has 3 aromatic heterocycles. The van der Waals surface area contributed by atoms with Gasteiger partial charge in [0.05, 0.1) is 12.2 Å². The first-order valence-electron chi connectivity index (χ1n) is 7.81. The van der Waals surface area contributed by atoms with Crippen LogP contribution >= 0.6 is 0 Å². The van der Waals surface area contributed by atoms with Crippen LogP contribution in [0.15, 0.2) is 41.2 Å². The number of anilines is 1. The molecule has 4 rings (SSSR count). The van der Waals surface area contributed by atoms with Crippen LogP contribution in [-0.2, 0) is 6.54 Å². The van der Waals surface area contributed by atoms with E-state index < -0.39 is 0 Å². The van der Waals surface area contributed by atoms with Crippen LogP contribution in [0.5, 0.6) is 0 Å². The van der Waals surface area contributed by atoms with E-state index in [9.17, 15) is 0 Å². The lowest BCUT2D eigenvalue weighted by Crippen LogP contribution is -2.09. The van der Waals surface area contributed by atoms with Crippen molar-refractivity contribution >= 4 is 5.82 Å². The molecule has 1 fully saturated rings. The van der Waals surface area contributed by atoms with Crippen LogP contribution in [0.1, 0.15) is 49.1 Å². The average Bonchev–Trinajstić information content (AvgIpc) is 3.13. The SMILES string of the molecule is C[C@H](Nc1ccn(Cc2ccccn2)n1)c1nc(C2CC2)no1. The van der Waals surface area contributed by atoms with Crippen LogP contribution in [0.4, 0.5) is 5.82 Å². The quantitative estimate of drug-likeness (QED) is 0.754. The monoisotopic (exact) mass is 310 g/mol. The maximum atomic E-state index is 5.33. The third kappa shape index (κ3) is 3.23. The van der Waals surface area contributed by atoms with Crippen molar-refractivity contribution in [2.45, 2.75) is 38.3 Å². The van der Waals surface area contributed by atoms with Gasteiger partial charge in [0.25, 0.3) is 0 Å². The standard InChI is InChI=1S/C16H18N6O/c1-11(16-19-15(21-23-16)12-5-6-12)18-14-7-9-22(20-14)10-13-4-2-3-8-17-13/h2-4,7-9,11-12H,5-6,10H2,1H3,(H,18,20)/t11-/m0/s1. The Morgan fingerprint density at radius 3 is 3.04 bits per heavy atom. The highest BCUT2D eigenvalue weighted by Crippen LogP contribution is 2.38. The van der Waals surface area contributed by atoms with Gasteiger partial charge in [0, 0.05) is 24.4 Å². The first-order valence-corrected chi connectivity index (χ1v) is 7.81. The topological polar surface area (TPSA) is 81.7 Å². The van der Waals surface area contributed by atoms with E-state index in [0.29, 0.717) is 18.4 Å². The molecule has 0 bridgehead atoms. The average molecular weight is 310 g/mol. The highest BCUT2D eigenvalue weighted by molar-refractivity contribution is 5.34. The number of nitrogens with one attached hydrogen (secondary N) is 1. The molecule has 1 atom stereocenters. The van der Waals surface area contributed by atoms with Gasteiger partial charge in [-0.25, -0.2) is 0 Å². The number of pyridine rings is 1. The zero-order valence-corrected chi connectivity index (χ0v) is 12.9. The summed E-state index contributed by atoms with van der Waals surface area (Å²) in [4.78, 5) is 8.76. The van der Waals surface area contributed by atoms with Gasteiger partial charge in [-0.15, -0.1) is 0 Å². The largest absolute Gasteiger partial charge is 0.357 e. The minimum atomic E-state index is -0.0757. The molecular weight excluding hydrogens is 292 g/mol. The molecule has 0 radical (unpaired) electrons. The van der Waals surface area contributed by atoms with Crippen LogP contribution in [0.2, 0.25) is 0 Å². The molecule has 1 aliphatic carbocycles. The Labute approximate surface area is 133 Å². The van der Waals surface area contributed by atoms with Crippen molar-refractivity contribution in [2.24, 2.45) is 0 Å². The van der Waals surface area contributed by atoms with Gasteiger partial charge < -0.3 is 9.84 Å². The fourth-order valence-corrected chi connectivity index (χ4v) is 2.40. The first kappa shape index (κ1) is 13.9. The number of aromatic nitrogens is 5. The van der Waals surface area contributed by atoms with Gasteiger partial charge in [-0.3, -0.25) is 9.67 Å². The molecule has 1 N–H and O–H groups in total. The molecule has 0 unspecified atom stereocenters. The molecule has 0 aromatic carbocycles. The predicted molar refractivity (Wildman–Crippen MR) is 83.9 cm³/mol. The number of nitrogens with zero attached hydrogens (tertiary/aromatic N) is 5. The molecule has 0 amide bonds. The summed E-state index contributed by atoms with van der Waals surface area (Å²) < 4.78 is 7.18. The predicted octanol–water partition coefficient (Wildman–Crippen LogP) is 2.76. The van der Waals surface area contributed by atoms with Crippen LogP contribution in [0, 0.1) is 0 Å². The summed E-state index contributed by atoms with van der Waals surface area (Å²) in [5, 5.41) is 11.8. The maximum absolute atomic E-state index is 5.33. The second kappa shape index (κ2) is 5.83. The van der Waals surface area contributed by atoms with Crippen LogP contribution < -0.4 is 5.32 Å². The number of hydrogen-bond acceptors (Lipinski definition) is 6. The highest BCUT2D eigenvalue weighted by atomic mass is 16.5. The molecule has 118 valence electrons. The third-order valence-electron chi connectivity index (χ3n) is 3.83. The van der Waals surface area contributed by atoms with Gasteiger partial charge >= 0.3 is 0 Å². The van der Waals surface area contributed by atoms with Gasteiger partial charge in [0.2, 0.25) is 5.89 Å². The summed E-state index contributed by atoms with van der Waals surface area (Å²) in [7, 11) is 0. The molecule has 0 saturated heterocycles. The van der Waals surface area contributed by atoms with Gasteiger partial charge in [-0.05, 0) is 31.9 Å². The Kier molecular flexibility index (Phi) is 3.53. The van der Waals surface area contributed by atoms with E-state index in [4.69, 9.17) is 4.52 Å². The Morgan fingerprint density at radius 1 is 1.35 bits per heavy atom. The second-order valence-electron chi connectivity index (χ2n) is 5.85. The lowest BCUT2D eigenvalue weighted by Gasteiger charge is -2.07. The Morgan fingerprint density at radius 2 is 2.26 bits per heavy atom. The Bertz CT molecular complexity index is 777. The van der Waals surface area contributed by atoms with Gasteiger partial charge in [-0.2, -0.15) is 10.1 Å². The molecule has 3 heterocycles. The normalized spacial score (nSPS) is 15.5. The van der Waals surface area contributed by atoms with Gasteiger partial charge in [0.1, 0.15) is 11.9 Å². The molecule has 0 spiro atoms. The van der Waals surface area contributed by atoms with Crippen LogP contribution in [0.25, 0.3) is 0 Å². The smallest absolute Gasteiger partial charge is 0.248 e. The summed E-state index contributed by atoms with van der Waals surface area (Å²) >= 11 is 0. The molecule has 3 aromatic rings. The van der Waals surface area contributed by atoms with E-state index in [0.717, 1.165) is 17.3 Å². The molecule has 1 aliphatic rings. The van der Waals surface area contributed by atoms with E-state index in [1.54, 1.807) is 6.20 Å². The lowest BCUT2D eigenvalue weighted by atomic mass is 10.3. The lowest BCUT2D eigenvalue weighted by molar-refractivity contribution is 0.362. The number of rotatable bonds is 6. The van der Waals surface area contributed by atoms with E-state index in [2.05, 4.69) is 25.5 Å². The molecule has 1 saturated carbocycles. The third-order valence-corrected chi connectivity index (χ3v) is 3.83. The summed E-state index contributed by atoms with van der Waals surface area (Å²) in [6, 6.07) is 7.71. The molecule has 0 aliphatic heterocycles. The van der Waals surface area contributed by atoms with Crippen molar-refractivity contribution < 1.29 is 4.52 Å². The van der Waals surface area contributed by atoms with Crippen LogP contribution in [-0.4, -0.2) is 24.9 Å². The van der Waals surface area contributed by atoms with E-state index in [-0.39, 0.29) is 6.04 Å². The molecule has 7 heteroatoms. The zero-order valence-electron chi connectivity index (χ0n) is 12.9. The zero-order chi connectivity index (χ0) is 15.6. The summed E-state index contributed by atoms with van der Waals surface area (Å²) in [5.74, 6) is 2.71. The number of hydrogen-bond donors (Lipinski definition) is 1.